The van der Waals surface area contributed by atoms with Gasteiger partial charge in [0.1, 0.15) is 0 Å². The predicted molar refractivity (Wildman–Crippen MR) is 84.4 cm³/mol. The fraction of sp³-hybridized carbons (Fsp3) is 0.600. The monoisotopic (exact) mass is 360 g/mol. The summed E-state index contributed by atoms with van der Waals surface area (Å²) in [6.07, 6.45) is 3.85. The molecule has 0 fully saturated rings. The fourth-order valence-corrected chi connectivity index (χ4v) is 4.25. The van der Waals surface area contributed by atoms with E-state index in [1.165, 1.54) is 24.8 Å². The van der Waals surface area contributed by atoms with Crippen LogP contribution in [0.15, 0.2) is 30.3 Å². The molecule has 0 N–H and O–H groups in total. The first kappa shape index (κ1) is 15.2. The molecule has 0 heterocycles. The van der Waals surface area contributed by atoms with Gasteiger partial charge in [-0.05, 0) is 17.9 Å². The zero-order chi connectivity index (χ0) is 12.7. The molecule has 0 bridgehead atoms. The van der Waals surface area contributed by atoms with Crippen LogP contribution in [0.1, 0.15) is 38.7 Å². The Hall–Kier alpha value is 0.180. The minimum atomic E-state index is 0.246. The summed E-state index contributed by atoms with van der Waals surface area (Å²) in [5, 5.41) is 2.04. The van der Waals surface area contributed by atoms with Gasteiger partial charge in [0.2, 0.25) is 0 Å². The normalized spacial score (nSPS) is 12.1. The number of hydrogen-bond acceptors (Lipinski definition) is 0. The van der Waals surface area contributed by atoms with Crippen molar-refractivity contribution in [3.05, 3.63) is 35.9 Å². The molecule has 2 heteroatoms. The van der Waals surface area contributed by atoms with Crippen molar-refractivity contribution < 1.29 is 0 Å². The summed E-state index contributed by atoms with van der Waals surface area (Å²) in [6, 6.07) is 10.9. The maximum absolute atomic E-state index is 3.71. The van der Waals surface area contributed by atoms with E-state index >= 15 is 0 Å². The van der Waals surface area contributed by atoms with Crippen molar-refractivity contribution in [3.8, 4) is 0 Å². The zero-order valence-corrected chi connectivity index (χ0v) is 13.9. The van der Waals surface area contributed by atoms with Crippen molar-refractivity contribution in [1.82, 2.24) is 0 Å². The van der Waals surface area contributed by atoms with E-state index in [2.05, 4.69) is 76.0 Å². The van der Waals surface area contributed by atoms with Crippen molar-refractivity contribution >= 4 is 31.9 Å². The van der Waals surface area contributed by atoms with Crippen molar-refractivity contribution in [2.45, 2.75) is 38.5 Å². The van der Waals surface area contributed by atoms with Crippen LogP contribution in [0.4, 0.5) is 0 Å². The lowest BCUT2D eigenvalue weighted by Crippen LogP contribution is -2.30. The lowest BCUT2D eigenvalue weighted by Gasteiger charge is -2.31. The van der Waals surface area contributed by atoms with Crippen LogP contribution in [0, 0.1) is 5.92 Å². The molecule has 1 aromatic carbocycles. The Morgan fingerprint density at radius 2 is 1.65 bits per heavy atom. The average molecular weight is 362 g/mol. The lowest BCUT2D eigenvalue weighted by atomic mass is 9.79. The Bertz CT molecular complexity index is 302. The third kappa shape index (κ3) is 4.40. The van der Waals surface area contributed by atoms with Crippen LogP contribution in [-0.2, 0) is 5.41 Å². The highest BCUT2D eigenvalue weighted by atomic mass is 79.9. The number of halogens is 2. The molecule has 1 rings (SSSR count). The van der Waals surface area contributed by atoms with E-state index in [0.29, 0.717) is 0 Å². The summed E-state index contributed by atoms with van der Waals surface area (Å²) in [6.45, 7) is 4.60. The topological polar surface area (TPSA) is 0 Å². The lowest BCUT2D eigenvalue weighted by molar-refractivity contribution is 0.439. The fourth-order valence-electron chi connectivity index (χ4n) is 2.11. The average Bonchev–Trinajstić information content (AvgIpc) is 2.36. The molecule has 0 aliphatic rings. The maximum atomic E-state index is 3.71. The van der Waals surface area contributed by atoms with E-state index in [4.69, 9.17) is 0 Å². The standard InChI is InChI=1S/C15H22Br2/c1-13(2)7-6-10-15(11-16,12-17)14-8-4-3-5-9-14/h3-5,8-9,13H,6-7,10-12H2,1-2H3. The Balaban J connectivity index is 2.75. The van der Waals surface area contributed by atoms with Gasteiger partial charge in [0.15, 0.2) is 0 Å². The molecule has 1 aromatic rings. The van der Waals surface area contributed by atoms with E-state index < -0.39 is 0 Å². The summed E-state index contributed by atoms with van der Waals surface area (Å²) in [5.74, 6) is 0.800. The van der Waals surface area contributed by atoms with Gasteiger partial charge in [-0.25, -0.2) is 0 Å². The second kappa shape index (κ2) is 7.58. The van der Waals surface area contributed by atoms with E-state index in [1.807, 2.05) is 0 Å². The minimum Gasteiger partial charge on any atom is -0.0918 e. The predicted octanol–water partition coefficient (Wildman–Crippen LogP) is 5.54. The Kier molecular flexibility index (Phi) is 6.79. The maximum Gasteiger partial charge on any atom is 0.0147 e. The van der Waals surface area contributed by atoms with Gasteiger partial charge >= 0.3 is 0 Å². The summed E-state index contributed by atoms with van der Waals surface area (Å²) in [5.41, 5.74) is 1.69. The first-order valence-corrected chi connectivity index (χ1v) is 8.56. The van der Waals surface area contributed by atoms with Gasteiger partial charge in [0.05, 0.1) is 0 Å². The third-order valence-corrected chi connectivity index (χ3v) is 5.48. The van der Waals surface area contributed by atoms with Gasteiger partial charge in [-0.3, -0.25) is 0 Å². The Morgan fingerprint density at radius 1 is 1.06 bits per heavy atom. The molecule has 0 atom stereocenters. The summed E-state index contributed by atoms with van der Waals surface area (Å²) in [7, 11) is 0. The smallest absolute Gasteiger partial charge is 0.0147 e. The van der Waals surface area contributed by atoms with Gasteiger partial charge in [-0.2, -0.15) is 0 Å². The Morgan fingerprint density at radius 3 is 2.12 bits per heavy atom. The van der Waals surface area contributed by atoms with Crippen LogP contribution in [0.3, 0.4) is 0 Å². The number of benzene rings is 1. The molecule has 0 amide bonds. The van der Waals surface area contributed by atoms with Gasteiger partial charge in [0.25, 0.3) is 0 Å². The van der Waals surface area contributed by atoms with Gasteiger partial charge in [0, 0.05) is 16.1 Å². The summed E-state index contributed by atoms with van der Waals surface area (Å²) >= 11 is 7.41. The van der Waals surface area contributed by atoms with Crippen LogP contribution in [0.2, 0.25) is 0 Å². The number of hydrogen-bond donors (Lipinski definition) is 0. The van der Waals surface area contributed by atoms with E-state index in [0.717, 1.165) is 16.6 Å². The highest BCUT2D eigenvalue weighted by molar-refractivity contribution is 9.09. The molecule has 96 valence electrons. The van der Waals surface area contributed by atoms with Gasteiger partial charge in [-0.1, -0.05) is 88.9 Å². The largest absolute Gasteiger partial charge is 0.0918 e. The molecule has 0 aliphatic carbocycles. The molecule has 0 aliphatic heterocycles. The highest BCUT2D eigenvalue weighted by Crippen LogP contribution is 2.34. The molecular formula is C15H22Br2. The minimum absolute atomic E-state index is 0.246. The molecule has 0 saturated carbocycles. The molecule has 0 saturated heterocycles. The molecule has 0 aromatic heterocycles. The molecule has 0 nitrogen and oxygen atoms in total. The Labute approximate surface area is 122 Å². The van der Waals surface area contributed by atoms with Crippen molar-refractivity contribution in [1.29, 1.82) is 0 Å². The molecule has 17 heavy (non-hydrogen) atoms. The first-order chi connectivity index (χ1) is 8.14. The SMILES string of the molecule is CC(C)CCCC(CBr)(CBr)c1ccccc1. The van der Waals surface area contributed by atoms with Crippen molar-refractivity contribution in [2.24, 2.45) is 5.92 Å². The molecular weight excluding hydrogens is 340 g/mol. The zero-order valence-electron chi connectivity index (χ0n) is 10.8. The highest BCUT2D eigenvalue weighted by Gasteiger charge is 2.29. The summed E-state index contributed by atoms with van der Waals surface area (Å²) < 4.78 is 0. The number of rotatable bonds is 7. The third-order valence-electron chi connectivity index (χ3n) is 3.33. The van der Waals surface area contributed by atoms with Crippen LogP contribution in [0.5, 0.6) is 0 Å². The van der Waals surface area contributed by atoms with Crippen molar-refractivity contribution in [2.75, 3.05) is 10.7 Å². The van der Waals surface area contributed by atoms with Gasteiger partial charge < -0.3 is 0 Å². The van der Waals surface area contributed by atoms with Crippen LogP contribution in [-0.4, -0.2) is 10.7 Å². The van der Waals surface area contributed by atoms with Gasteiger partial charge in [-0.15, -0.1) is 0 Å². The molecule has 0 spiro atoms. The van der Waals surface area contributed by atoms with Crippen LogP contribution < -0.4 is 0 Å². The second-order valence-corrected chi connectivity index (χ2v) is 6.32. The first-order valence-electron chi connectivity index (χ1n) is 6.32. The van der Waals surface area contributed by atoms with E-state index in [9.17, 15) is 0 Å². The van der Waals surface area contributed by atoms with Crippen LogP contribution in [0.25, 0.3) is 0 Å². The molecule has 0 unspecified atom stereocenters. The van der Waals surface area contributed by atoms with Crippen LogP contribution >= 0.6 is 31.9 Å². The second-order valence-electron chi connectivity index (χ2n) is 5.20. The van der Waals surface area contributed by atoms with E-state index in [1.54, 1.807) is 0 Å². The quantitative estimate of drug-likeness (QED) is 0.559. The van der Waals surface area contributed by atoms with E-state index in [-0.39, 0.29) is 5.41 Å². The molecule has 0 radical (unpaired) electrons. The number of alkyl halides is 2. The van der Waals surface area contributed by atoms with Crippen molar-refractivity contribution in [3.63, 3.8) is 0 Å². The summed E-state index contributed by atoms with van der Waals surface area (Å²) in [4.78, 5) is 0.